The van der Waals surface area contributed by atoms with Crippen LogP contribution in [0.1, 0.15) is 23.7 Å². The van der Waals surface area contributed by atoms with Gasteiger partial charge < -0.3 is 10.7 Å². The molecule has 0 radical (unpaired) electrons. The van der Waals surface area contributed by atoms with E-state index in [4.69, 9.17) is 5.73 Å². The molecule has 0 amide bonds. The summed E-state index contributed by atoms with van der Waals surface area (Å²) in [6.45, 7) is 0. The SMILES string of the molecule is NC=C(C=NC(CC=C(F)F)c1cccc(Br)c1)c1ncnc2[nH]ccc12. The molecule has 0 saturated carbocycles. The molecule has 0 spiro atoms. The van der Waals surface area contributed by atoms with Gasteiger partial charge in [-0.2, -0.15) is 8.78 Å². The van der Waals surface area contributed by atoms with Crippen molar-refractivity contribution in [3.05, 3.63) is 76.9 Å². The van der Waals surface area contributed by atoms with Crippen LogP contribution in [0.5, 0.6) is 0 Å². The minimum atomic E-state index is -1.73. The molecule has 27 heavy (non-hydrogen) atoms. The quantitative estimate of drug-likeness (QED) is 0.538. The summed E-state index contributed by atoms with van der Waals surface area (Å²) in [4.78, 5) is 15.9. The first-order valence-electron chi connectivity index (χ1n) is 8.08. The summed E-state index contributed by atoms with van der Waals surface area (Å²) in [6.07, 6.45) is 5.34. The van der Waals surface area contributed by atoms with E-state index in [1.807, 2.05) is 30.3 Å². The molecule has 138 valence electrons. The summed E-state index contributed by atoms with van der Waals surface area (Å²) in [7, 11) is 0. The predicted octanol–water partition coefficient (Wildman–Crippen LogP) is 5.00. The van der Waals surface area contributed by atoms with E-state index in [1.165, 1.54) is 12.5 Å². The standard InChI is InChI=1S/C19H16BrF2N5/c20-14-3-1-2-12(8-14)16(4-5-17(21)22)25-10-13(9-23)18-15-6-7-24-19(15)27-11-26-18/h1-3,5-11,16H,4,23H2,(H,24,26,27). The Kier molecular flexibility index (Phi) is 6.08. The Morgan fingerprint density at radius 2 is 2.15 bits per heavy atom. The number of aliphatic imine (C=N–C) groups is 1. The van der Waals surface area contributed by atoms with E-state index >= 15 is 0 Å². The minimum Gasteiger partial charge on any atom is -0.404 e. The highest BCUT2D eigenvalue weighted by atomic mass is 79.9. The molecule has 0 fully saturated rings. The van der Waals surface area contributed by atoms with E-state index in [0.717, 1.165) is 21.5 Å². The number of nitrogens with two attached hydrogens (primary N) is 1. The second-order valence-corrected chi connectivity index (χ2v) is 6.58. The van der Waals surface area contributed by atoms with Gasteiger partial charge in [-0.15, -0.1) is 0 Å². The van der Waals surface area contributed by atoms with Crippen molar-refractivity contribution in [1.82, 2.24) is 15.0 Å². The molecule has 0 aliphatic carbocycles. The number of aromatic nitrogens is 3. The van der Waals surface area contributed by atoms with Crippen LogP contribution in [0.4, 0.5) is 8.78 Å². The number of hydrogen-bond donors (Lipinski definition) is 2. The number of nitrogens with one attached hydrogen (secondary N) is 1. The van der Waals surface area contributed by atoms with E-state index < -0.39 is 12.1 Å². The number of benzene rings is 1. The molecule has 3 N–H and O–H groups in total. The highest BCUT2D eigenvalue weighted by Gasteiger charge is 2.12. The van der Waals surface area contributed by atoms with Crippen LogP contribution in [0.15, 0.2) is 70.7 Å². The van der Waals surface area contributed by atoms with Crippen LogP contribution in [0.2, 0.25) is 0 Å². The van der Waals surface area contributed by atoms with Crippen molar-refractivity contribution < 1.29 is 8.78 Å². The van der Waals surface area contributed by atoms with E-state index in [-0.39, 0.29) is 6.42 Å². The van der Waals surface area contributed by atoms with Gasteiger partial charge in [0.15, 0.2) is 0 Å². The Hall–Kier alpha value is -2.87. The number of H-pyrrole nitrogens is 1. The zero-order valence-electron chi connectivity index (χ0n) is 14.1. The van der Waals surface area contributed by atoms with Crippen molar-refractivity contribution in [1.29, 1.82) is 0 Å². The van der Waals surface area contributed by atoms with Gasteiger partial charge in [0.2, 0.25) is 0 Å². The second kappa shape index (κ2) is 8.68. The first-order chi connectivity index (χ1) is 13.1. The number of nitrogens with zero attached hydrogens (tertiary/aromatic N) is 3. The molecule has 0 bridgehead atoms. The molecule has 1 unspecified atom stereocenters. The summed E-state index contributed by atoms with van der Waals surface area (Å²) in [5, 5.41) is 0.800. The molecule has 0 aliphatic heterocycles. The lowest BCUT2D eigenvalue weighted by molar-refractivity contribution is 0.415. The average Bonchev–Trinajstić information content (AvgIpc) is 3.13. The van der Waals surface area contributed by atoms with Crippen LogP contribution in [-0.4, -0.2) is 21.2 Å². The van der Waals surface area contributed by atoms with Gasteiger partial charge in [0, 0.05) is 34.0 Å². The first kappa shape index (κ1) is 18.9. The number of fused-ring (bicyclic) bond motifs is 1. The van der Waals surface area contributed by atoms with Gasteiger partial charge in [-0.25, -0.2) is 9.97 Å². The third-order valence-corrected chi connectivity index (χ3v) is 4.42. The molecular formula is C19H16BrF2N5. The van der Waals surface area contributed by atoms with Gasteiger partial charge >= 0.3 is 0 Å². The van der Waals surface area contributed by atoms with Crippen LogP contribution in [-0.2, 0) is 0 Å². The number of allylic oxidation sites excluding steroid dienone is 1. The third-order valence-electron chi connectivity index (χ3n) is 3.93. The van der Waals surface area contributed by atoms with E-state index in [0.29, 0.717) is 16.9 Å². The van der Waals surface area contributed by atoms with Crippen molar-refractivity contribution >= 4 is 38.8 Å². The number of hydrogen-bond acceptors (Lipinski definition) is 4. The van der Waals surface area contributed by atoms with Gasteiger partial charge in [-0.1, -0.05) is 28.1 Å². The van der Waals surface area contributed by atoms with Crippen molar-refractivity contribution in [2.45, 2.75) is 12.5 Å². The molecule has 2 aromatic heterocycles. The number of rotatable bonds is 6. The lowest BCUT2D eigenvalue weighted by atomic mass is 10.0. The molecule has 0 aliphatic rings. The van der Waals surface area contributed by atoms with E-state index in [1.54, 1.807) is 12.4 Å². The summed E-state index contributed by atoms with van der Waals surface area (Å²) in [5.41, 5.74) is 8.45. The van der Waals surface area contributed by atoms with Crippen LogP contribution < -0.4 is 5.73 Å². The van der Waals surface area contributed by atoms with Gasteiger partial charge in [-0.3, -0.25) is 4.99 Å². The molecule has 3 aromatic rings. The Balaban J connectivity index is 1.94. The summed E-state index contributed by atoms with van der Waals surface area (Å²) in [5.74, 6) is 0. The largest absolute Gasteiger partial charge is 0.404 e. The molecule has 1 aromatic carbocycles. The molecule has 8 heteroatoms. The maximum absolute atomic E-state index is 12.6. The van der Waals surface area contributed by atoms with Gasteiger partial charge in [0.05, 0.1) is 11.7 Å². The monoisotopic (exact) mass is 431 g/mol. The van der Waals surface area contributed by atoms with Crippen LogP contribution in [0.3, 0.4) is 0 Å². The lowest BCUT2D eigenvalue weighted by Crippen LogP contribution is -2.00. The zero-order valence-corrected chi connectivity index (χ0v) is 15.7. The van der Waals surface area contributed by atoms with Gasteiger partial charge in [0.1, 0.15) is 12.0 Å². The van der Waals surface area contributed by atoms with Crippen molar-refractivity contribution in [3.63, 3.8) is 0 Å². The van der Waals surface area contributed by atoms with Crippen molar-refractivity contribution in [3.8, 4) is 0 Å². The fourth-order valence-electron chi connectivity index (χ4n) is 2.65. The highest BCUT2D eigenvalue weighted by Crippen LogP contribution is 2.27. The average molecular weight is 432 g/mol. The molecule has 5 nitrogen and oxygen atoms in total. The zero-order chi connectivity index (χ0) is 19.2. The normalized spacial score (nSPS) is 13.2. The van der Waals surface area contributed by atoms with E-state index in [9.17, 15) is 8.78 Å². The number of aromatic amines is 1. The number of halogens is 3. The van der Waals surface area contributed by atoms with Gasteiger partial charge in [0.25, 0.3) is 6.08 Å². The Morgan fingerprint density at radius 1 is 1.30 bits per heavy atom. The smallest absolute Gasteiger partial charge is 0.266 e. The maximum Gasteiger partial charge on any atom is 0.266 e. The first-order valence-corrected chi connectivity index (χ1v) is 8.88. The minimum absolute atomic E-state index is 0.0659. The summed E-state index contributed by atoms with van der Waals surface area (Å²) < 4.78 is 26.1. The Bertz CT molecular complexity index is 1020. The predicted molar refractivity (Wildman–Crippen MR) is 106 cm³/mol. The van der Waals surface area contributed by atoms with Crippen molar-refractivity contribution in [2.75, 3.05) is 0 Å². The van der Waals surface area contributed by atoms with Gasteiger partial charge in [-0.05, 0) is 36.3 Å². The van der Waals surface area contributed by atoms with Crippen LogP contribution in [0.25, 0.3) is 16.6 Å². The third kappa shape index (κ3) is 4.65. The van der Waals surface area contributed by atoms with E-state index in [2.05, 4.69) is 35.9 Å². The van der Waals surface area contributed by atoms with Crippen LogP contribution >= 0.6 is 15.9 Å². The molecule has 3 rings (SSSR count). The topological polar surface area (TPSA) is 79.9 Å². The molecule has 1 atom stereocenters. The van der Waals surface area contributed by atoms with Crippen molar-refractivity contribution in [2.24, 2.45) is 10.7 Å². The lowest BCUT2D eigenvalue weighted by Gasteiger charge is -2.11. The Morgan fingerprint density at radius 3 is 2.89 bits per heavy atom. The fourth-order valence-corrected chi connectivity index (χ4v) is 3.07. The molecule has 0 saturated heterocycles. The molecule has 2 heterocycles. The van der Waals surface area contributed by atoms with Crippen LogP contribution in [0, 0.1) is 0 Å². The maximum atomic E-state index is 12.6. The highest BCUT2D eigenvalue weighted by molar-refractivity contribution is 9.10. The molecular weight excluding hydrogens is 416 g/mol. The Labute approximate surface area is 162 Å². The summed E-state index contributed by atoms with van der Waals surface area (Å²) in [6, 6.07) is 8.76. The fraction of sp³-hybridized carbons (Fsp3) is 0.105. The summed E-state index contributed by atoms with van der Waals surface area (Å²) >= 11 is 3.40. The second-order valence-electron chi connectivity index (χ2n) is 5.66.